The molecule has 1 heterocycles. The van der Waals surface area contributed by atoms with Crippen LogP contribution >= 0.6 is 0 Å². The Bertz CT molecular complexity index is 1630. The third kappa shape index (κ3) is 4.22. The number of benzene rings is 5. The third-order valence-corrected chi connectivity index (χ3v) is 7.42. The van der Waals surface area contributed by atoms with Crippen LogP contribution in [0, 0.1) is 0 Å². The van der Waals surface area contributed by atoms with E-state index in [1.54, 1.807) is 0 Å². The van der Waals surface area contributed by atoms with Gasteiger partial charge in [0.05, 0.1) is 7.05 Å². The number of aryl methyl sites for hydroxylation is 1. The van der Waals surface area contributed by atoms with Crippen LogP contribution < -0.4 is 9.05 Å². The number of quaternary nitrogens is 1. The highest BCUT2D eigenvalue weighted by Crippen LogP contribution is 2.42. The van der Waals surface area contributed by atoms with Crippen LogP contribution in [0.3, 0.4) is 0 Å². The fourth-order valence-corrected chi connectivity index (χ4v) is 5.28. The van der Waals surface area contributed by atoms with Crippen LogP contribution in [-0.2, 0) is 7.05 Å². The highest BCUT2D eigenvalue weighted by molar-refractivity contribution is 5.84. The van der Waals surface area contributed by atoms with Gasteiger partial charge in [-0.25, -0.2) is 9.05 Å². The van der Waals surface area contributed by atoms with Gasteiger partial charge in [0.1, 0.15) is 24.1 Å². The van der Waals surface area contributed by atoms with Gasteiger partial charge in [-0.15, -0.1) is 0 Å². The molecule has 0 amide bonds. The van der Waals surface area contributed by atoms with E-state index in [2.05, 4.69) is 164 Å². The number of nitrogens with zero attached hydrogens (tertiary/aromatic N) is 2. The van der Waals surface area contributed by atoms with E-state index in [4.69, 9.17) is 0 Å². The lowest BCUT2D eigenvalue weighted by atomic mass is 9.99. The van der Waals surface area contributed by atoms with E-state index in [0.717, 1.165) is 0 Å². The molecule has 2 heteroatoms. The van der Waals surface area contributed by atoms with E-state index in [-0.39, 0.29) is 0 Å². The number of fused-ring (bicyclic) bond motifs is 1. The van der Waals surface area contributed by atoms with E-state index < -0.39 is 0 Å². The predicted molar refractivity (Wildman–Crippen MR) is 156 cm³/mol. The standard InChI is InChI=1S/C35H30N2/c1-36-26-31-13-10-9-12-29(31)25-35(36)30-15-11-14-28(24-30)27-20-22-34(23-21-27)37(2,32-16-5-3-6-17-32)33-18-7-4-8-19-33/h3-26H,1-2H3/q+2. The molecule has 37 heavy (non-hydrogen) atoms. The van der Waals surface area contributed by atoms with Crippen molar-refractivity contribution in [3.8, 4) is 22.4 Å². The summed E-state index contributed by atoms with van der Waals surface area (Å²) in [5.74, 6) is 0. The lowest BCUT2D eigenvalue weighted by molar-refractivity contribution is -0.659. The molecule has 0 aliphatic heterocycles. The smallest absolute Gasteiger partial charge is 0.212 e. The minimum Gasteiger partial charge on any atom is -0.229 e. The molecule has 0 radical (unpaired) electrons. The van der Waals surface area contributed by atoms with E-state index in [1.807, 2.05) is 0 Å². The molecule has 0 aliphatic rings. The number of hydrogen-bond donors (Lipinski definition) is 0. The minimum atomic E-state index is 0.606. The van der Waals surface area contributed by atoms with Gasteiger partial charge in [-0.2, -0.15) is 0 Å². The summed E-state index contributed by atoms with van der Waals surface area (Å²) in [6, 6.07) is 50.1. The summed E-state index contributed by atoms with van der Waals surface area (Å²) in [5.41, 5.74) is 8.52. The fraction of sp³-hybridized carbons (Fsp3) is 0.0571. The van der Waals surface area contributed by atoms with Crippen LogP contribution in [0.4, 0.5) is 17.1 Å². The largest absolute Gasteiger partial charge is 0.229 e. The second-order valence-electron chi connectivity index (χ2n) is 9.70. The summed E-state index contributed by atoms with van der Waals surface area (Å²) in [6.07, 6.45) is 2.21. The zero-order chi connectivity index (χ0) is 25.2. The van der Waals surface area contributed by atoms with Crippen LogP contribution in [0.15, 0.2) is 146 Å². The van der Waals surface area contributed by atoms with Crippen LogP contribution in [0.1, 0.15) is 0 Å². The normalized spacial score (nSPS) is 11.5. The van der Waals surface area contributed by atoms with Crippen molar-refractivity contribution in [2.75, 3.05) is 7.05 Å². The van der Waals surface area contributed by atoms with Gasteiger partial charge in [0.2, 0.25) is 5.69 Å². The van der Waals surface area contributed by atoms with Gasteiger partial charge >= 0.3 is 0 Å². The zero-order valence-electron chi connectivity index (χ0n) is 21.3. The number of para-hydroxylation sites is 2. The van der Waals surface area contributed by atoms with Gasteiger partial charge in [0.15, 0.2) is 6.20 Å². The Balaban J connectivity index is 1.39. The van der Waals surface area contributed by atoms with Crippen molar-refractivity contribution in [1.82, 2.24) is 4.48 Å². The molecule has 0 bridgehead atoms. The fourth-order valence-electron chi connectivity index (χ4n) is 5.28. The number of hydrogen-bond acceptors (Lipinski definition) is 0. The summed E-state index contributed by atoms with van der Waals surface area (Å²) >= 11 is 0. The Kier molecular flexibility index (Phi) is 5.88. The molecule has 0 unspecified atom stereocenters. The molecule has 1 aromatic heterocycles. The van der Waals surface area contributed by atoms with Crippen molar-refractivity contribution < 1.29 is 4.57 Å². The third-order valence-electron chi connectivity index (χ3n) is 7.42. The number of aromatic nitrogens is 1. The first-order valence-electron chi connectivity index (χ1n) is 12.7. The molecule has 6 aromatic rings. The van der Waals surface area contributed by atoms with Gasteiger partial charge in [-0.3, -0.25) is 0 Å². The van der Waals surface area contributed by atoms with Crippen molar-refractivity contribution in [3.63, 3.8) is 0 Å². The summed E-state index contributed by atoms with van der Waals surface area (Å²) in [5, 5.41) is 2.50. The number of rotatable bonds is 5. The predicted octanol–water partition coefficient (Wildman–Crippen LogP) is 8.60. The van der Waals surface area contributed by atoms with Crippen molar-refractivity contribution in [3.05, 3.63) is 146 Å². The maximum absolute atomic E-state index is 2.29. The molecule has 0 fully saturated rings. The van der Waals surface area contributed by atoms with Gasteiger partial charge in [-0.05, 0) is 71.1 Å². The minimum absolute atomic E-state index is 0.606. The zero-order valence-corrected chi connectivity index (χ0v) is 21.3. The van der Waals surface area contributed by atoms with E-state index in [0.29, 0.717) is 4.48 Å². The van der Waals surface area contributed by atoms with Crippen LogP contribution in [-0.4, -0.2) is 7.05 Å². The van der Waals surface area contributed by atoms with Gasteiger partial charge in [-0.1, -0.05) is 66.7 Å². The average Bonchev–Trinajstić information content (AvgIpc) is 2.97. The van der Waals surface area contributed by atoms with Crippen molar-refractivity contribution in [1.29, 1.82) is 0 Å². The molecule has 6 rings (SSSR count). The monoisotopic (exact) mass is 478 g/mol. The Morgan fingerprint density at radius 1 is 0.459 bits per heavy atom. The maximum Gasteiger partial charge on any atom is 0.212 e. The highest BCUT2D eigenvalue weighted by atomic mass is 15.3. The summed E-state index contributed by atoms with van der Waals surface area (Å²) < 4.78 is 2.82. The van der Waals surface area contributed by atoms with Gasteiger partial charge in [0, 0.05) is 29.1 Å². The van der Waals surface area contributed by atoms with Crippen molar-refractivity contribution in [2.45, 2.75) is 0 Å². The summed E-state index contributed by atoms with van der Waals surface area (Å²) in [4.78, 5) is 0. The van der Waals surface area contributed by atoms with Crippen LogP contribution in [0.5, 0.6) is 0 Å². The van der Waals surface area contributed by atoms with Gasteiger partial charge in [0.25, 0.3) is 0 Å². The maximum atomic E-state index is 2.29. The molecule has 0 atom stereocenters. The van der Waals surface area contributed by atoms with Crippen molar-refractivity contribution in [2.24, 2.45) is 7.05 Å². The number of pyridine rings is 1. The molecule has 178 valence electrons. The first-order valence-corrected chi connectivity index (χ1v) is 12.7. The summed E-state index contributed by atoms with van der Waals surface area (Å²) in [7, 11) is 4.38. The average molecular weight is 479 g/mol. The van der Waals surface area contributed by atoms with Crippen LogP contribution in [0.2, 0.25) is 0 Å². The van der Waals surface area contributed by atoms with E-state index in [1.165, 1.54) is 50.2 Å². The second kappa shape index (κ2) is 9.50. The Morgan fingerprint density at radius 3 is 1.65 bits per heavy atom. The molecule has 0 N–H and O–H groups in total. The first kappa shape index (κ1) is 22.9. The molecule has 2 nitrogen and oxygen atoms in total. The first-order chi connectivity index (χ1) is 18.1. The molecule has 0 saturated carbocycles. The van der Waals surface area contributed by atoms with E-state index >= 15 is 0 Å². The quantitative estimate of drug-likeness (QED) is 0.172. The molecule has 0 saturated heterocycles. The topological polar surface area (TPSA) is 3.88 Å². The van der Waals surface area contributed by atoms with Crippen molar-refractivity contribution >= 4 is 27.8 Å². The Labute approximate surface area is 218 Å². The molecule has 5 aromatic carbocycles. The Morgan fingerprint density at radius 2 is 1.00 bits per heavy atom. The van der Waals surface area contributed by atoms with Crippen LogP contribution in [0.25, 0.3) is 33.2 Å². The molecule has 0 aliphatic carbocycles. The Hall–Kier alpha value is -4.53. The van der Waals surface area contributed by atoms with Gasteiger partial charge < -0.3 is 0 Å². The molecular weight excluding hydrogens is 448 g/mol. The molecule has 0 spiro atoms. The second-order valence-corrected chi connectivity index (χ2v) is 9.70. The summed E-state index contributed by atoms with van der Waals surface area (Å²) in [6.45, 7) is 0. The molecular formula is C35H30N2+2. The lowest BCUT2D eigenvalue weighted by Crippen LogP contribution is -2.33. The lowest BCUT2D eigenvalue weighted by Gasteiger charge is -2.33. The van der Waals surface area contributed by atoms with E-state index in [9.17, 15) is 0 Å². The highest BCUT2D eigenvalue weighted by Gasteiger charge is 2.31. The SMILES string of the molecule is C[n+]1cc2ccccc2cc1-c1cccc(-c2ccc([N+](C)(c3ccccc3)c3ccccc3)cc2)c1.